The molecule has 0 N–H and O–H groups in total. The lowest BCUT2D eigenvalue weighted by atomic mass is 10.1. The third kappa shape index (κ3) is 5.87. The van der Waals surface area contributed by atoms with Gasteiger partial charge in [0.25, 0.3) is 5.91 Å². The summed E-state index contributed by atoms with van der Waals surface area (Å²) in [5.41, 5.74) is 1.23. The third-order valence-corrected chi connectivity index (χ3v) is 6.35. The normalized spacial score (nSPS) is 15.3. The van der Waals surface area contributed by atoms with Crippen LogP contribution in [-0.2, 0) is 11.4 Å². The monoisotopic (exact) mass is 523 g/mol. The molecule has 0 saturated carbocycles. The SMILES string of the molecule is CCOc1cc(/C=C2\SC(=S)N(CC(C)C)C2=O)cc(Br)c1OCc1ccccc1F. The second-order valence-electron chi connectivity index (χ2n) is 7.33. The highest BCUT2D eigenvalue weighted by atomic mass is 79.9. The lowest BCUT2D eigenvalue weighted by Gasteiger charge is -2.16. The zero-order valence-electron chi connectivity index (χ0n) is 17.5. The molecular formula is C23H23BrFNO3S2. The summed E-state index contributed by atoms with van der Waals surface area (Å²) in [6, 6.07) is 10.1. The maximum absolute atomic E-state index is 13.9. The van der Waals surface area contributed by atoms with Gasteiger partial charge in [-0.15, -0.1) is 0 Å². The molecule has 0 radical (unpaired) electrons. The van der Waals surface area contributed by atoms with E-state index >= 15 is 0 Å². The van der Waals surface area contributed by atoms with Gasteiger partial charge in [-0.3, -0.25) is 9.69 Å². The van der Waals surface area contributed by atoms with Gasteiger partial charge in [0.15, 0.2) is 11.5 Å². The molecule has 2 aromatic carbocycles. The number of thiocarbonyl (C=S) groups is 1. The molecule has 0 atom stereocenters. The molecule has 1 heterocycles. The van der Waals surface area contributed by atoms with Gasteiger partial charge in [0.05, 0.1) is 16.0 Å². The molecule has 164 valence electrons. The molecule has 0 spiro atoms. The molecule has 4 nitrogen and oxygen atoms in total. The van der Waals surface area contributed by atoms with Crippen LogP contribution < -0.4 is 9.47 Å². The molecule has 8 heteroatoms. The Morgan fingerprint density at radius 1 is 1.26 bits per heavy atom. The molecule has 2 aromatic rings. The predicted octanol–water partition coefficient (Wildman–Crippen LogP) is 6.42. The Hall–Kier alpha value is -1.90. The van der Waals surface area contributed by atoms with Crippen LogP contribution >= 0.6 is 39.9 Å². The number of amides is 1. The molecule has 1 aliphatic heterocycles. The van der Waals surface area contributed by atoms with Gasteiger partial charge in [0.2, 0.25) is 0 Å². The van der Waals surface area contributed by atoms with Gasteiger partial charge in [-0.1, -0.05) is 56.0 Å². The fraction of sp³-hybridized carbons (Fsp3) is 0.304. The quantitative estimate of drug-likeness (QED) is 0.294. The Labute approximate surface area is 199 Å². The van der Waals surface area contributed by atoms with Crippen molar-refractivity contribution in [3.05, 3.63) is 62.7 Å². The van der Waals surface area contributed by atoms with Crippen LogP contribution in [0.1, 0.15) is 31.9 Å². The van der Waals surface area contributed by atoms with Crippen molar-refractivity contribution in [1.29, 1.82) is 0 Å². The minimum Gasteiger partial charge on any atom is -0.490 e. The summed E-state index contributed by atoms with van der Waals surface area (Å²) in [4.78, 5) is 15.0. The molecule has 0 aliphatic carbocycles. The van der Waals surface area contributed by atoms with Crippen molar-refractivity contribution in [2.75, 3.05) is 13.2 Å². The Morgan fingerprint density at radius 3 is 2.68 bits per heavy atom. The van der Waals surface area contributed by atoms with Crippen LogP contribution in [0.4, 0.5) is 4.39 Å². The summed E-state index contributed by atoms with van der Waals surface area (Å²) in [6.45, 7) is 7.07. The molecule has 1 aliphatic rings. The van der Waals surface area contributed by atoms with E-state index in [0.29, 0.717) is 49.8 Å². The van der Waals surface area contributed by atoms with Crippen LogP contribution in [0.2, 0.25) is 0 Å². The van der Waals surface area contributed by atoms with E-state index < -0.39 is 0 Å². The van der Waals surface area contributed by atoms with Crippen molar-refractivity contribution in [3.63, 3.8) is 0 Å². The number of carbonyl (C=O) groups is 1. The lowest BCUT2D eigenvalue weighted by molar-refractivity contribution is -0.122. The van der Waals surface area contributed by atoms with Gasteiger partial charge in [-0.2, -0.15) is 0 Å². The van der Waals surface area contributed by atoms with Crippen LogP contribution in [0.15, 0.2) is 45.8 Å². The summed E-state index contributed by atoms with van der Waals surface area (Å²) >= 11 is 10.2. The predicted molar refractivity (Wildman–Crippen MR) is 131 cm³/mol. The number of thioether (sulfide) groups is 1. The first-order valence-electron chi connectivity index (χ1n) is 9.88. The first-order valence-corrected chi connectivity index (χ1v) is 11.9. The highest BCUT2D eigenvalue weighted by Gasteiger charge is 2.32. The molecule has 31 heavy (non-hydrogen) atoms. The number of benzene rings is 2. The minimum atomic E-state index is -0.323. The summed E-state index contributed by atoms with van der Waals surface area (Å²) < 4.78 is 26.8. The molecular weight excluding hydrogens is 501 g/mol. The van der Waals surface area contributed by atoms with E-state index in [4.69, 9.17) is 21.7 Å². The van der Waals surface area contributed by atoms with Gasteiger partial charge in [-0.25, -0.2) is 4.39 Å². The van der Waals surface area contributed by atoms with Crippen molar-refractivity contribution in [2.24, 2.45) is 5.92 Å². The number of hydrogen-bond acceptors (Lipinski definition) is 5. The van der Waals surface area contributed by atoms with E-state index in [1.54, 1.807) is 35.2 Å². The average molecular weight is 524 g/mol. The van der Waals surface area contributed by atoms with Crippen molar-refractivity contribution in [1.82, 2.24) is 4.90 Å². The number of carbonyl (C=O) groups excluding carboxylic acids is 1. The Balaban J connectivity index is 1.86. The van der Waals surface area contributed by atoms with Gasteiger partial charge in [-0.05, 0) is 58.6 Å². The van der Waals surface area contributed by atoms with Gasteiger partial charge >= 0.3 is 0 Å². The largest absolute Gasteiger partial charge is 0.490 e. The number of hydrogen-bond donors (Lipinski definition) is 0. The van der Waals surface area contributed by atoms with Gasteiger partial charge < -0.3 is 9.47 Å². The van der Waals surface area contributed by atoms with Crippen LogP contribution in [0, 0.1) is 11.7 Å². The van der Waals surface area contributed by atoms with E-state index in [-0.39, 0.29) is 18.3 Å². The highest BCUT2D eigenvalue weighted by Crippen LogP contribution is 2.40. The molecule has 0 bridgehead atoms. The Kier molecular flexibility index (Phi) is 8.13. The fourth-order valence-corrected chi connectivity index (χ4v) is 4.86. The van der Waals surface area contributed by atoms with Crippen molar-refractivity contribution >= 4 is 56.2 Å². The minimum absolute atomic E-state index is 0.0680. The van der Waals surface area contributed by atoms with Gasteiger partial charge in [0.1, 0.15) is 16.7 Å². The van der Waals surface area contributed by atoms with Crippen LogP contribution in [0.25, 0.3) is 6.08 Å². The van der Waals surface area contributed by atoms with Crippen LogP contribution in [0.5, 0.6) is 11.5 Å². The zero-order valence-corrected chi connectivity index (χ0v) is 20.7. The Morgan fingerprint density at radius 2 is 2.00 bits per heavy atom. The van der Waals surface area contributed by atoms with E-state index in [9.17, 15) is 9.18 Å². The van der Waals surface area contributed by atoms with Crippen LogP contribution in [-0.4, -0.2) is 28.3 Å². The molecule has 0 aromatic heterocycles. The number of halogens is 2. The van der Waals surface area contributed by atoms with E-state index in [2.05, 4.69) is 15.9 Å². The topological polar surface area (TPSA) is 38.8 Å². The second kappa shape index (κ2) is 10.6. The number of rotatable bonds is 8. The summed E-state index contributed by atoms with van der Waals surface area (Å²) in [5.74, 6) is 0.910. The molecule has 3 rings (SSSR count). The van der Waals surface area contributed by atoms with Crippen molar-refractivity contribution in [2.45, 2.75) is 27.4 Å². The highest BCUT2D eigenvalue weighted by molar-refractivity contribution is 9.10. The smallest absolute Gasteiger partial charge is 0.266 e. The van der Waals surface area contributed by atoms with Crippen LogP contribution in [0.3, 0.4) is 0 Å². The first kappa shape index (κ1) is 23.8. The zero-order chi connectivity index (χ0) is 22.5. The molecule has 0 unspecified atom stereocenters. The summed E-state index contributed by atoms with van der Waals surface area (Å²) in [5, 5.41) is 0. The molecule has 1 saturated heterocycles. The Bertz CT molecular complexity index is 1030. The average Bonchev–Trinajstić information content (AvgIpc) is 2.96. The van der Waals surface area contributed by atoms with E-state index in [1.807, 2.05) is 26.8 Å². The lowest BCUT2D eigenvalue weighted by Crippen LogP contribution is -2.31. The number of nitrogens with zero attached hydrogens (tertiary/aromatic N) is 1. The summed E-state index contributed by atoms with van der Waals surface area (Å²) in [6.07, 6.45) is 1.80. The molecule has 1 fully saturated rings. The van der Waals surface area contributed by atoms with E-state index in [1.165, 1.54) is 17.8 Å². The maximum Gasteiger partial charge on any atom is 0.266 e. The molecule has 1 amide bonds. The maximum atomic E-state index is 13.9. The van der Waals surface area contributed by atoms with E-state index in [0.717, 1.165) is 5.56 Å². The standard InChI is InChI=1S/C23H23BrFNO3S2/c1-4-28-19-10-15(11-20-22(27)26(12-14(2)3)23(30)31-20)9-17(24)21(19)29-13-16-7-5-6-8-18(16)25/h5-11,14H,4,12-13H2,1-3H3/b20-11-. The fourth-order valence-electron chi connectivity index (χ4n) is 3.01. The third-order valence-electron chi connectivity index (χ3n) is 4.38. The number of ether oxygens (including phenoxy) is 2. The second-order valence-corrected chi connectivity index (χ2v) is 9.86. The van der Waals surface area contributed by atoms with Crippen molar-refractivity contribution in [3.8, 4) is 11.5 Å². The van der Waals surface area contributed by atoms with Gasteiger partial charge in [0, 0.05) is 12.1 Å². The first-order chi connectivity index (χ1) is 14.8. The van der Waals surface area contributed by atoms with Crippen molar-refractivity contribution < 1.29 is 18.7 Å². The summed E-state index contributed by atoms with van der Waals surface area (Å²) in [7, 11) is 0.